The molecule has 1 fully saturated rings. The van der Waals surface area contributed by atoms with Gasteiger partial charge in [0.2, 0.25) is 0 Å². The van der Waals surface area contributed by atoms with Crippen LogP contribution < -0.4 is 0 Å². The van der Waals surface area contributed by atoms with Gasteiger partial charge in [0.1, 0.15) is 12.1 Å². The Labute approximate surface area is 191 Å². The zero-order valence-corrected chi connectivity index (χ0v) is 18.8. The van der Waals surface area contributed by atoms with E-state index in [1.165, 1.54) is 18.5 Å². The zero-order valence-electron chi connectivity index (χ0n) is 18.8. The molecule has 5 rings (SSSR count). The molecule has 3 heteroatoms. The van der Waals surface area contributed by atoms with Crippen LogP contribution in [0, 0.1) is 11.8 Å². The molecule has 1 aliphatic heterocycles. The molecule has 2 unspecified atom stereocenters. The van der Waals surface area contributed by atoms with Crippen LogP contribution >= 0.6 is 0 Å². The maximum atomic E-state index is 11.7. The van der Waals surface area contributed by atoms with Gasteiger partial charge in [-0.15, -0.1) is 0 Å². The van der Waals surface area contributed by atoms with Gasteiger partial charge in [0.25, 0.3) is 0 Å². The van der Waals surface area contributed by atoms with Crippen molar-refractivity contribution in [3.05, 3.63) is 89.7 Å². The average molecular weight is 424 g/mol. The van der Waals surface area contributed by atoms with Crippen molar-refractivity contribution >= 4 is 0 Å². The molecule has 1 aliphatic carbocycles. The largest absolute Gasteiger partial charge is 0.379 e. The number of nitrogens with zero attached hydrogens (tertiary/aromatic N) is 2. The highest BCUT2D eigenvalue weighted by Crippen LogP contribution is 2.48. The first kappa shape index (κ1) is 20.9. The standard InChI is InChI=1S/C29H31N2O/c1-2-19-31(21-15-24(22-31)23-13-17-30-18-14-23)20-8-7-16-29(32)27-11-5-3-9-25(27)26-10-4-6-12-28(26)29/h3-6,9-14,17-18,24,32H,2,15-16,19-22H2,1H3/q+1. The molecule has 0 spiro atoms. The van der Waals surface area contributed by atoms with Crippen LogP contribution in [0.1, 0.15) is 48.8 Å². The van der Waals surface area contributed by atoms with Crippen LogP contribution in [0.3, 0.4) is 0 Å². The molecule has 0 amide bonds. The first-order valence-corrected chi connectivity index (χ1v) is 11.8. The number of pyridine rings is 1. The van der Waals surface area contributed by atoms with Gasteiger partial charge in [0.15, 0.2) is 0 Å². The summed E-state index contributed by atoms with van der Waals surface area (Å²) in [4.78, 5) is 4.18. The SMILES string of the molecule is CCC[N+]1(CC#CCC2(O)c3ccccc3-c3ccccc32)CCC(c2ccncc2)C1. The van der Waals surface area contributed by atoms with Crippen molar-refractivity contribution in [2.45, 2.75) is 37.7 Å². The van der Waals surface area contributed by atoms with Crippen molar-refractivity contribution in [2.75, 3.05) is 26.2 Å². The predicted molar refractivity (Wildman–Crippen MR) is 129 cm³/mol. The fraction of sp³-hybridized carbons (Fsp3) is 0.345. The fourth-order valence-corrected chi connectivity index (χ4v) is 5.79. The van der Waals surface area contributed by atoms with Crippen LogP contribution in [-0.2, 0) is 5.60 Å². The summed E-state index contributed by atoms with van der Waals surface area (Å²) in [5.74, 6) is 7.46. The minimum atomic E-state index is -1.03. The summed E-state index contributed by atoms with van der Waals surface area (Å²) in [6.07, 6.45) is 6.60. The molecule has 162 valence electrons. The van der Waals surface area contributed by atoms with E-state index in [0.717, 1.165) is 52.8 Å². The molecule has 2 atom stereocenters. The number of quaternary nitrogens is 1. The third-order valence-electron chi connectivity index (χ3n) is 7.35. The monoisotopic (exact) mass is 423 g/mol. The van der Waals surface area contributed by atoms with Crippen LogP contribution in [0.15, 0.2) is 73.1 Å². The lowest BCUT2D eigenvalue weighted by molar-refractivity contribution is -0.910. The van der Waals surface area contributed by atoms with Crippen LogP contribution in [0.2, 0.25) is 0 Å². The lowest BCUT2D eigenvalue weighted by Crippen LogP contribution is -2.46. The molecule has 3 aromatic rings. The number of benzene rings is 2. The summed E-state index contributed by atoms with van der Waals surface area (Å²) < 4.78 is 1.06. The van der Waals surface area contributed by atoms with Crippen molar-refractivity contribution in [2.24, 2.45) is 0 Å². The highest BCUT2D eigenvalue weighted by atomic mass is 16.3. The summed E-state index contributed by atoms with van der Waals surface area (Å²) in [7, 11) is 0. The van der Waals surface area contributed by atoms with Gasteiger partial charge in [-0.2, -0.15) is 0 Å². The van der Waals surface area contributed by atoms with E-state index < -0.39 is 5.60 Å². The molecule has 2 aliphatic rings. The minimum Gasteiger partial charge on any atom is -0.379 e. The molecule has 1 aromatic heterocycles. The molecular weight excluding hydrogens is 392 g/mol. The number of hydrogen-bond donors (Lipinski definition) is 1. The van der Waals surface area contributed by atoms with E-state index in [4.69, 9.17) is 0 Å². The summed E-state index contributed by atoms with van der Waals surface area (Å²) in [5, 5.41) is 11.7. The number of rotatable bonds is 5. The third-order valence-corrected chi connectivity index (χ3v) is 7.35. The van der Waals surface area contributed by atoms with Crippen molar-refractivity contribution in [3.8, 4) is 23.0 Å². The van der Waals surface area contributed by atoms with Gasteiger partial charge in [-0.25, -0.2) is 0 Å². The lowest BCUT2D eigenvalue weighted by atomic mass is 9.88. The van der Waals surface area contributed by atoms with Crippen molar-refractivity contribution in [1.29, 1.82) is 0 Å². The van der Waals surface area contributed by atoms with Crippen molar-refractivity contribution in [1.82, 2.24) is 4.98 Å². The van der Waals surface area contributed by atoms with E-state index in [1.807, 2.05) is 48.8 Å². The average Bonchev–Trinajstić information content (AvgIpc) is 3.37. The molecule has 1 N–H and O–H groups in total. The second kappa shape index (κ2) is 8.54. The van der Waals surface area contributed by atoms with Crippen molar-refractivity contribution < 1.29 is 9.59 Å². The van der Waals surface area contributed by atoms with Crippen LogP contribution in [0.5, 0.6) is 0 Å². The van der Waals surface area contributed by atoms with E-state index >= 15 is 0 Å². The number of likely N-dealkylation sites (tertiary alicyclic amines) is 1. The predicted octanol–water partition coefficient (Wildman–Crippen LogP) is 5.11. The van der Waals surface area contributed by atoms with Gasteiger partial charge < -0.3 is 9.59 Å². The Balaban J connectivity index is 1.35. The van der Waals surface area contributed by atoms with E-state index in [-0.39, 0.29) is 0 Å². The quantitative estimate of drug-likeness (QED) is 0.457. The topological polar surface area (TPSA) is 33.1 Å². The van der Waals surface area contributed by atoms with Gasteiger partial charge in [-0.3, -0.25) is 4.98 Å². The number of hydrogen-bond acceptors (Lipinski definition) is 2. The first-order chi connectivity index (χ1) is 15.7. The van der Waals surface area contributed by atoms with E-state index in [9.17, 15) is 5.11 Å². The molecular formula is C29H31N2O+. The summed E-state index contributed by atoms with van der Waals surface area (Å²) >= 11 is 0. The highest BCUT2D eigenvalue weighted by Gasteiger charge is 2.41. The summed E-state index contributed by atoms with van der Waals surface area (Å²) in [6, 6.07) is 20.7. The maximum Gasteiger partial charge on any atom is 0.140 e. The summed E-state index contributed by atoms with van der Waals surface area (Å²) in [5.41, 5.74) is 4.58. The van der Waals surface area contributed by atoms with Crippen LogP contribution in [-0.4, -0.2) is 40.8 Å². The number of fused-ring (bicyclic) bond motifs is 3. The Morgan fingerprint density at radius 3 is 2.28 bits per heavy atom. The van der Waals surface area contributed by atoms with E-state index in [1.54, 1.807) is 0 Å². The van der Waals surface area contributed by atoms with Crippen LogP contribution in [0.25, 0.3) is 11.1 Å². The second-order valence-electron chi connectivity index (χ2n) is 9.38. The Kier molecular flexibility index (Phi) is 5.59. The Hall–Kier alpha value is -2.93. The molecule has 3 nitrogen and oxygen atoms in total. The third kappa shape index (κ3) is 3.64. The molecule has 1 saturated heterocycles. The van der Waals surface area contributed by atoms with E-state index in [2.05, 4.69) is 48.0 Å². The Morgan fingerprint density at radius 2 is 1.62 bits per heavy atom. The highest BCUT2D eigenvalue weighted by molar-refractivity contribution is 5.80. The number of aromatic nitrogens is 1. The Morgan fingerprint density at radius 1 is 0.969 bits per heavy atom. The lowest BCUT2D eigenvalue weighted by Gasteiger charge is -2.32. The summed E-state index contributed by atoms with van der Waals surface area (Å²) in [6.45, 7) is 6.59. The smallest absolute Gasteiger partial charge is 0.140 e. The minimum absolute atomic E-state index is 0.431. The molecule has 2 aromatic carbocycles. The van der Waals surface area contributed by atoms with Gasteiger partial charge in [0, 0.05) is 31.2 Å². The molecule has 0 bridgehead atoms. The van der Waals surface area contributed by atoms with Gasteiger partial charge in [-0.05, 0) is 52.3 Å². The zero-order chi connectivity index (χ0) is 22.0. The van der Waals surface area contributed by atoms with E-state index in [0.29, 0.717) is 12.3 Å². The molecule has 32 heavy (non-hydrogen) atoms. The molecule has 0 radical (unpaired) electrons. The first-order valence-electron chi connectivity index (χ1n) is 11.8. The Bertz CT molecular complexity index is 1110. The second-order valence-corrected chi connectivity index (χ2v) is 9.38. The fourth-order valence-electron chi connectivity index (χ4n) is 5.79. The normalized spacial score (nSPS) is 22.6. The van der Waals surface area contributed by atoms with Gasteiger partial charge >= 0.3 is 0 Å². The van der Waals surface area contributed by atoms with Crippen LogP contribution in [0.4, 0.5) is 0 Å². The van der Waals surface area contributed by atoms with Gasteiger partial charge in [0.05, 0.1) is 19.6 Å². The maximum absolute atomic E-state index is 11.7. The van der Waals surface area contributed by atoms with Crippen molar-refractivity contribution in [3.63, 3.8) is 0 Å². The number of aliphatic hydroxyl groups is 1. The molecule has 2 heterocycles. The van der Waals surface area contributed by atoms with Gasteiger partial charge in [-0.1, -0.05) is 61.4 Å². The molecule has 0 saturated carbocycles.